The van der Waals surface area contributed by atoms with Crippen molar-refractivity contribution in [3.05, 3.63) is 41.0 Å². The van der Waals surface area contributed by atoms with E-state index in [1.807, 2.05) is 0 Å². The molecule has 0 amide bonds. The summed E-state index contributed by atoms with van der Waals surface area (Å²) in [7, 11) is 0. The van der Waals surface area contributed by atoms with E-state index in [4.69, 9.17) is 5.73 Å². The van der Waals surface area contributed by atoms with Crippen molar-refractivity contribution >= 4 is 5.57 Å². The topological polar surface area (TPSA) is 38.0 Å². The van der Waals surface area contributed by atoms with Gasteiger partial charge < -0.3 is 11.1 Å². The Morgan fingerprint density at radius 1 is 0.963 bits per heavy atom. The van der Waals surface area contributed by atoms with Gasteiger partial charge in [-0.25, -0.2) is 0 Å². The third kappa shape index (κ3) is 8.48. The summed E-state index contributed by atoms with van der Waals surface area (Å²) in [5.74, 6) is 0. The van der Waals surface area contributed by atoms with Crippen LogP contribution >= 0.6 is 0 Å². The van der Waals surface area contributed by atoms with E-state index in [-0.39, 0.29) is 6.42 Å². The van der Waals surface area contributed by atoms with Crippen molar-refractivity contribution in [3.63, 3.8) is 0 Å². The molecule has 0 radical (unpaired) electrons. The second kappa shape index (κ2) is 11.5. The summed E-state index contributed by atoms with van der Waals surface area (Å²) in [5, 5.41) is 3.36. The molecule has 1 aromatic rings. The Hall–Kier alpha value is -1.33. The van der Waals surface area contributed by atoms with Crippen molar-refractivity contribution < 1.29 is 13.2 Å². The van der Waals surface area contributed by atoms with Crippen LogP contribution in [0.3, 0.4) is 0 Å². The van der Waals surface area contributed by atoms with Crippen molar-refractivity contribution in [2.45, 2.75) is 76.9 Å². The molecule has 0 saturated heterocycles. The van der Waals surface area contributed by atoms with Crippen LogP contribution in [0.15, 0.2) is 24.3 Å². The molecule has 2 rings (SSSR count). The zero-order chi connectivity index (χ0) is 19.5. The summed E-state index contributed by atoms with van der Waals surface area (Å²) < 4.78 is 36.3. The van der Waals surface area contributed by atoms with Gasteiger partial charge >= 0.3 is 6.18 Å². The Morgan fingerprint density at radius 2 is 1.67 bits per heavy atom. The predicted molar refractivity (Wildman–Crippen MR) is 106 cm³/mol. The van der Waals surface area contributed by atoms with Gasteiger partial charge in [0.15, 0.2) is 0 Å². The van der Waals surface area contributed by atoms with Crippen LogP contribution in [-0.2, 0) is 13.0 Å². The Balaban J connectivity index is 1.72. The van der Waals surface area contributed by atoms with Crippen LogP contribution in [0.5, 0.6) is 0 Å². The molecular formula is C22H33F3N2. The highest BCUT2D eigenvalue weighted by molar-refractivity contribution is 5.70. The Labute approximate surface area is 161 Å². The molecule has 0 unspecified atom stereocenters. The van der Waals surface area contributed by atoms with E-state index in [1.165, 1.54) is 22.3 Å². The van der Waals surface area contributed by atoms with Gasteiger partial charge in [0.1, 0.15) is 0 Å². The molecule has 0 bridgehead atoms. The molecule has 0 aliphatic carbocycles. The first kappa shape index (κ1) is 22.0. The fraction of sp³-hybridized carbons (Fsp3) is 0.636. The van der Waals surface area contributed by atoms with E-state index in [0.29, 0.717) is 13.0 Å². The summed E-state index contributed by atoms with van der Waals surface area (Å²) in [5.41, 5.74) is 11.2. The minimum atomic E-state index is -4.00. The quantitative estimate of drug-likeness (QED) is 0.478. The highest BCUT2D eigenvalue weighted by atomic mass is 19.4. The van der Waals surface area contributed by atoms with Crippen LogP contribution in [-0.4, -0.2) is 19.3 Å². The van der Waals surface area contributed by atoms with E-state index in [9.17, 15) is 13.2 Å². The average Bonchev–Trinajstić information content (AvgIpc) is 2.66. The number of hydrogen-bond donors (Lipinski definition) is 2. The number of aryl methyl sites for hydroxylation is 1. The first-order valence-electron chi connectivity index (χ1n) is 10.3. The maximum absolute atomic E-state index is 12.1. The molecular weight excluding hydrogens is 349 g/mol. The van der Waals surface area contributed by atoms with Crippen molar-refractivity contribution in [1.29, 1.82) is 0 Å². The maximum Gasteiger partial charge on any atom is 0.389 e. The Bertz CT molecular complexity index is 594. The van der Waals surface area contributed by atoms with E-state index in [0.717, 1.165) is 58.0 Å². The van der Waals surface area contributed by atoms with Gasteiger partial charge in [-0.15, -0.1) is 0 Å². The summed E-state index contributed by atoms with van der Waals surface area (Å²) >= 11 is 0. The molecule has 0 saturated carbocycles. The van der Waals surface area contributed by atoms with Crippen LogP contribution < -0.4 is 11.1 Å². The molecule has 27 heavy (non-hydrogen) atoms. The summed E-state index contributed by atoms with van der Waals surface area (Å²) in [4.78, 5) is 0. The summed E-state index contributed by atoms with van der Waals surface area (Å²) in [6, 6.07) is 6.59. The molecule has 0 aromatic heterocycles. The smallest absolute Gasteiger partial charge is 0.326 e. The molecule has 1 aromatic carbocycles. The monoisotopic (exact) mass is 382 g/mol. The van der Waals surface area contributed by atoms with Gasteiger partial charge in [0.2, 0.25) is 0 Å². The van der Waals surface area contributed by atoms with E-state index < -0.39 is 12.6 Å². The lowest BCUT2D eigenvalue weighted by atomic mass is 9.91. The van der Waals surface area contributed by atoms with Gasteiger partial charge in [-0.05, 0) is 60.6 Å². The van der Waals surface area contributed by atoms with Crippen molar-refractivity contribution in [2.24, 2.45) is 5.73 Å². The second-order valence-corrected chi connectivity index (χ2v) is 7.47. The minimum absolute atomic E-state index is 0.268. The number of hydrogen-bond acceptors (Lipinski definition) is 2. The van der Waals surface area contributed by atoms with Gasteiger partial charge in [-0.1, -0.05) is 50.3 Å². The average molecular weight is 383 g/mol. The second-order valence-electron chi connectivity index (χ2n) is 7.47. The van der Waals surface area contributed by atoms with Crippen LogP contribution in [0.4, 0.5) is 13.2 Å². The maximum atomic E-state index is 12.1. The number of alkyl halides is 3. The third-order valence-electron chi connectivity index (χ3n) is 5.23. The molecule has 1 aliphatic rings. The number of halogens is 3. The SMILES string of the molecule is NCc1ccc(CCCCCCCCCC(F)(F)F)c(C2=CCNCC2)c1. The number of unbranched alkanes of at least 4 members (excludes halogenated alkanes) is 6. The molecule has 1 aliphatic heterocycles. The van der Waals surface area contributed by atoms with E-state index >= 15 is 0 Å². The van der Waals surface area contributed by atoms with Gasteiger partial charge in [0.25, 0.3) is 0 Å². The molecule has 5 heteroatoms. The molecule has 0 atom stereocenters. The fourth-order valence-electron chi connectivity index (χ4n) is 3.66. The molecule has 152 valence electrons. The normalized spacial score (nSPS) is 15.0. The van der Waals surface area contributed by atoms with Gasteiger partial charge in [-0.2, -0.15) is 13.2 Å². The highest BCUT2D eigenvalue weighted by Gasteiger charge is 2.25. The molecule has 0 fully saturated rings. The number of benzene rings is 1. The third-order valence-corrected chi connectivity index (χ3v) is 5.23. The lowest BCUT2D eigenvalue weighted by Crippen LogP contribution is -2.20. The van der Waals surface area contributed by atoms with Gasteiger partial charge in [0.05, 0.1) is 0 Å². The largest absolute Gasteiger partial charge is 0.389 e. The lowest BCUT2D eigenvalue weighted by Gasteiger charge is -2.18. The Morgan fingerprint density at radius 3 is 2.30 bits per heavy atom. The fourth-order valence-corrected chi connectivity index (χ4v) is 3.66. The molecule has 0 spiro atoms. The predicted octanol–water partition coefficient (Wildman–Crippen LogP) is 5.75. The number of nitrogens with one attached hydrogen (secondary N) is 1. The summed E-state index contributed by atoms with van der Waals surface area (Å²) in [6.45, 7) is 2.51. The van der Waals surface area contributed by atoms with Crippen molar-refractivity contribution in [1.82, 2.24) is 5.32 Å². The van der Waals surface area contributed by atoms with E-state index in [2.05, 4.69) is 29.6 Å². The zero-order valence-corrected chi connectivity index (χ0v) is 16.2. The van der Waals surface area contributed by atoms with Crippen molar-refractivity contribution in [3.8, 4) is 0 Å². The van der Waals surface area contributed by atoms with E-state index in [1.54, 1.807) is 0 Å². The highest BCUT2D eigenvalue weighted by Crippen LogP contribution is 2.27. The van der Waals surface area contributed by atoms with Crippen LogP contribution in [0, 0.1) is 0 Å². The number of rotatable bonds is 11. The van der Waals surface area contributed by atoms with Crippen LogP contribution in [0.1, 0.15) is 74.5 Å². The van der Waals surface area contributed by atoms with Crippen LogP contribution in [0.25, 0.3) is 5.57 Å². The summed E-state index contributed by atoms with van der Waals surface area (Å²) in [6.07, 6.45) is 6.02. The first-order chi connectivity index (χ1) is 13.0. The lowest BCUT2D eigenvalue weighted by molar-refractivity contribution is -0.135. The standard InChI is InChI=1S/C22H33F3N2/c23-22(24,25)13-7-5-3-1-2-4-6-8-19-10-9-18(17-26)16-21(19)20-11-14-27-15-12-20/h9-11,16,27H,1-8,12-15,17,26H2. The zero-order valence-electron chi connectivity index (χ0n) is 16.2. The molecule has 1 heterocycles. The van der Waals surface area contributed by atoms with Crippen molar-refractivity contribution in [2.75, 3.05) is 13.1 Å². The Kier molecular flexibility index (Phi) is 9.35. The molecule has 3 N–H and O–H groups in total. The minimum Gasteiger partial charge on any atom is -0.326 e. The van der Waals surface area contributed by atoms with Crippen LogP contribution in [0.2, 0.25) is 0 Å². The van der Waals surface area contributed by atoms with Gasteiger partial charge in [-0.3, -0.25) is 0 Å². The number of nitrogens with two attached hydrogens (primary N) is 1. The van der Waals surface area contributed by atoms with Gasteiger partial charge in [0, 0.05) is 19.5 Å². The molecule has 2 nitrogen and oxygen atoms in total. The first-order valence-corrected chi connectivity index (χ1v) is 10.3.